The molecule has 0 aliphatic heterocycles. The zero-order chi connectivity index (χ0) is 23.8. The first-order chi connectivity index (χ1) is 17.2. The van der Waals surface area contributed by atoms with Crippen LogP contribution in [0.15, 0.2) is 127 Å². The average molecular weight is 474 g/mol. The molecule has 0 atom stereocenters. The third kappa shape index (κ3) is 3.73. The summed E-state index contributed by atoms with van der Waals surface area (Å²) in [5.41, 5.74) is 7.87. The number of rotatable bonds is 4. The minimum Gasteiger partial charge on any atom is -0.307 e. The van der Waals surface area contributed by atoms with Crippen molar-refractivity contribution >= 4 is 22.5 Å². The minimum absolute atomic E-state index is 0.118. The van der Waals surface area contributed by atoms with E-state index in [1.165, 1.54) is 6.07 Å². The molecule has 0 amide bonds. The third-order valence-electron chi connectivity index (χ3n) is 6.34. The molecule has 0 saturated heterocycles. The number of hydrogen-bond donors (Lipinski definition) is 0. The molecule has 6 rings (SSSR count). The highest BCUT2D eigenvalue weighted by Gasteiger charge is 2.24. The maximum Gasteiger partial charge on any atom is 0.143 e. The molecule has 0 fully saturated rings. The summed E-state index contributed by atoms with van der Waals surface area (Å²) in [5, 5.41) is 1.03. The van der Waals surface area contributed by atoms with Crippen molar-refractivity contribution in [2.45, 2.75) is 0 Å². The Bertz CT molecular complexity index is 1640. The van der Waals surface area contributed by atoms with Crippen LogP contribution >= 0.6 is 11.6 Å². The van der Waals surface area contributed by atoms with E-state index in [1.54, 1.807) is 0 Å². The van der Waals surface area contributed by atoms with Gasteiger partial charge in [0.1, 0.15) is 10.8 Å². The van der Waals surface area contributed by atoms with E-state index in [0.717, 1.165) is 44.6 Å². The minimum atomic E-state index is -0.434. The molecule has 35 heavy (non-hydrogen) atoms. The van der Waals surface area contributed by atoms with Crippen molar-refractivity contribution in [3.8, 4) is 39.2 Å². The van der Waals surface area contributed by atoms with Crippen molar-refractivity contribution in [1.29, 1.82) is 0 Å². The van der Waals surface area contributed by atoms with Crippen LogP contribution in [0.3, 0.4) is 0 Å². The number of benzene rings is 5. The summed E-state index contributed by atoms with van der Waals surface area (Å²) in [6, 6.07) is 42.3. The fraction of sp³-hybridized carbons (Fsp3) is 0. The smallest absolute Gasteiger partial charge is 0.143 e. The summed E-state index contributed by atoms with van der Waals surface area (Å²) in [7, 11) is 0. The van der Waals surface area contributed by atoms with Crippen LogP contribution in [0.4, 0.5) is 4.39 Å². The van der Waals surface area contributed by atoms with E-state index in [0.29, 0.717) is 5.52 Å². The predicted octanol–water partition coefficient (Wildman–Crippen LogP) is 9.42. The van der Waals surface area contributed by atoms with Gasteiger partial charge in [-0.05, 0) is 46.5 Å². The van der Waals surface area contributed by atoms with Crippen molar-refractivity contribution in [3.05, 3.63) is 138 Å². The van der Waals surface area contributed by atoms with E-state index < -0.39 is 5.82 Å². The van der Waals surface area contributed by atoms with Crippen molar-refractivity contribution in [2.24, 2.45) is 0 Å². The summed E-state index contributed by atoms with van der Waals surface area (Å²) < 4.78 is 17.0. The van der Waals surface area contributed by atoms with Crippen LogP contribution < -0.4 is 0 Å². The van der Waals surface area contributed by atoms with Crippen molar-refractivity contribution in [2.75, 3.05) is 0 Å². The largest absolute Gasteiger partial charge is 0.307 e. The Hall–Kier alpha value is -4.14. The molecule has 168 valence electrons. The Kier molecular flexibility index (Phi) is 5.44. The number of fused-ring (bicyclic) bond motifs is 1. The molecule has 3 heteroatoms. The summed E-state index contributed by atoms with van der Waals surface area (Å²) in [6.07, 6.45) is 0. The second kappa shape index (κ2) is 8.90. The van der Waals surface area contributed by atoms with Gasteiger partial charge in [-0.2, -0.15) is 0 Å². The van der Waals surface area contributed by atoms with Gasteiger partial charge < -0.3 is 4.57 Å². The average Bonchev–Trinajstić information content (AvgIpc) is 3.28. The van der Waals surface area contributed by atoms with Crippen LogP contribution in [-0.4, -0.2) is 4.57 Å². The monoisotopic (exact) mass is 473 g/mol. The predicted molar refractivity (Wildman–Crippen MR) is 145 cm³/mol. The van der Waals surface area contributed by atoms with E-state index in [1.807, 2.05) is 72.8 Å². The molecule has 1 nitrogen and oxygen atoms in total. The molecule has 0 unspecified atom stereocenters. The zero-order valence-corrected chi connectivity index (χ0v) is 19.6. The third-order valence-corrected chi connectivity index (χ3v) is 6.70. The van der Waals surface area contributed by atoms with E-state index in [9.17, 15) is 4.39 Å². The summed E-state index contributed by atoms with van der Waals surface area (Å²) in [6.45, 7) is 0. The Balaban J connectivity index is 1.76. The van der Waals surface area contributed by atoms with Gasteiger partial charge in [0.05, 0.1) is 11.2 Å². The second-order valence-corrected chi connectivity index (χ2v) is 8.84. The van der Waals surface area contributed by atoms with E-state index in [4.69, 9.17) is 11.6 Å². The quantitative estimate of drug-likeness (QED) is 0.240. The second-order valence-electron chi connectivity index (χ2n) is 8.46. The lowest BCUT2D eigenvalue weighted by Gasteiger charge is -2.15. The van der Waals surface area contributed by atoms with Gasteiger partial charge in [-0.25, -0.2) is 4.39 Å². The van der Waals surface area contributed by atoms with E-state index in [2.05, 4.69) is 53.1 Å². The maximum absolute atomic E-state index is 14.9. The van der Waals surface area contributed by atoms with Crippen LogP contribution in [0.5, 0.6) is 0 Å². The van der Waals surface area contributed by atoms with E-state index in [-0.39, 0.29) is 5.02 Å². The molecule has 0 radical (unpaired) electrons. The first kappa shape index (κ1) is 21.4. The molecule has 1 aromatic heterocycles. The standard InChI is InChI=1S/C32H21ClFN/c33-30-28(34)20-19-27-29(23-13-6-2-7-14-23)31(24-15-8-3-9-16-24)35(32(27)30)26-18-10-17-25(21-26)22-11-4-1-5-12-22/h1-21H. The van der Waals surface area contributed by atoms with Gasteiger partial charge in [-0.3, -0.25) is 0 Å². The number of hydrogen-bond acceptors (Lipinski definition) is 0. The van der Waals surface area contributed by atoms with Gasteiger partial charge in [-0.1, -0.05) is 115 Å². The molecule has 0 bridgehead atoms. The Labute approximate surface area is 208 Å². The maximum atomic E-state index is 14.9. The van der Waals surface area contributed by atoms with Gasteiger partial charge in [0.15, 0.2) is 0 Å². The summed E-state index contributed by atoms with van der Waals surface area (Å²) in [5.74, 6) is -0.434. The van der Waals surface area contributed by atoms with Crippen LogP contribution in [0.1, 0.15) is 0 Å². The molecular weight excluding hydrogens is 453 g/mol. The number of nitrogens with zero attached hydrogens (tertiary/aromatic N) is 1. The zero-order valence-electron chi connectivity index (χ0n) is 18.8. The van der Waals surface area contributed by atoms with Crippen LogP contribution in [0.2, 0.25) is 5.02 Å². The van der Waals surface area contributed by atoms with Gasteiger partial charge >= 0.3 is 0 Å². The van der Waals surface area contributed by atoms with Crippen LogP contribution in [0, 0.1) is 5.82 Å². The molecule has 0 N–H and O–H groups in total. The van der Waals surface area contributed by atoms with Gasteiger partial charge in [0, 0.05) is 16.6 Å². The lowest BCUT2D eigenvalue weighted by molar-refractivity contribution is 0.629. The molecule has 1 heterocycles. The summed E-state index contributed by atoms with van der Waals surface area (Å²) in [4.78, 5) is 0. The molecule has 0 saturated carbocycles. The lowest BCUT2D eigenvalue weighted by Crippen LogP contribution is -1.99. The number of aromatic nitrogens is 1. The van der Waals surface area contributed by atoms with Crippen LogP contribution in [0.25, 0.3) is 50.1 Å². The van der Waals surface area contributed by atoms with Crippen molar-refractivity contribution < 1.29 is 4.39 Å². The molecule has 0 aliphatic rings. The first-order valence-corrected chi connectivity index (χ1v) is 11.9. The number of halogens is 2. The highest BCUT2D eigenvalue weighted by atomic mass is 35.5. The molecule has 0 spiro atoms. The fourth-order valence-corrected chi connectivity index (χ4v) is 5.04. The van der Waals surface area contributed by atoms with Gasteiger partial charge in [0.2, 0.25) is 0 Å². The first-order valence-electron chi connectivity index (χ1n) is 11.5. The Morgan fingerprint density at radius 3 is 1.77 bits per heavy atom. The Morgan fingerprint density at radius 2 is 1.11 bits per heavy atom. The van der Waals surface area contributed by atoms with E-state index >= 15 is 0 Å². The topological polar surface area (TPSA) is 4.93 Å². The molecular formula is C32H21ClFN. The van der Waals surface area contributed by atoms with Gasteiger partial charge in [0.25, 0.3) is 0 Å². The highest BCUT2D eigenvalue weighted by Crippen LogP contribution is 2.45. The normalized spacial score (nSPS) is 11.1. The van der Waals surface area contributed by atoms with Crippen molar-refractivity contribution in [1.82, 2.24) is 4.57 Å². The van der Waals surface area contributed by atoms with Crippen LogP contribution in [-0.2, 0) is 0 Å². The molecule has 5 aromatic carbocycles. The summed E-state index contributed by atoms with van der Waals surface area (Å²) >= 11 is 6.70. The fourth-order valence-electron chi connectivity index (χ4n) is 4.79. The highest BCUT2D eigenvalue weighted by molar-refractivity contribution is 6.36. The van der Waals surface area contributed by atoms with Crippen molar-refractivity contribution in [3.63, 3.8) is 0 Å². The molecule has 0 aliphatic carbocycles. The molecule has 6 aromatic rings. The Morgan fingerprint density at radius 1 is 0.543 bits per heavy atom. The van der Waals surface area contributed by atoms with Gasteiger partial charge in [-0.15, -0.1) is 0 Å². The lowest BCUT2D eigenvalue weighted by atomic mass is 9.98. The SMILES string of the molecule is Fc1ccc2c(-c3ccccc3)c(-c3ccccc3)n(-c3cccc(-c4ccccc4)c3)c2c1Cl.